The van der Waals surface area contributed by atoms with Crippen molar-refractivity contribution in [1.82, 2.24) is 0 Å². The molecule has 1 amide bonds. The van der Waals surface area contributed by atoms with Gasteiger partial charge in [-0.25, -0.2) is 0 Å². The summed E-state index contributed by atoms with van der Waals surface area (Å²) in [6.07, 6.45) is 2.46. The molecule has 1 aromatic rings. The SMILES string of the molecule is COc1cc(Cl)c(C)cc1NC(=O)CCSC. The molecule has 0 spiro atoms. The highest BCUT2D eigenvalue weighted by Gasteiger charge is 2.09. The van der Waals surface area contributed by atoms with E-state index in [2.05, 4.69) is 5.32 Å². The van der Waals surface area contributed by atoms with Gasteiger partial charge in [-0.2, -0.15) is 11.8 Å². The summed E-state index contributed by atoms with van der Waals surface area (Å²) < 4.78 is 5.18. The second-order valence-electron chi connectivity index (χ2n) is 3.59. The molecule has 1 aromatic carbocycles. The molecule has 3 nitrogen and oxygen atoms in total. The van der Waals surface area contributed by atoms with Crippen LogP contribution < -0.4 is 10.1 Å². The third kappa shape index (κ3) is 4.13. The zero-order valence-corrected chi connectivity index (χ0v) is 11.7. The first-order chi connectivity index (χ1) is 8.08. The first kappa shape index (κ1) is 14.2. The van der Waals surface area contributed by atoms with Crippen molar-refractivity contribution in [2.75, 3.05) is 24.4 Å². The van der Waals surface area contributed by atoms with E-state index in [0.717, 1.165) is 11.3 Å². The van der Waals surface area contributed by atoms with Crippen molar-refractivity contribution in [3.63, 3.8) is 0 Å². The lowest BCUT2D eigenvalue weighted by Gasteiger charge is -2.12. The predicted molar refractivity (Wildman–Crippen MR) is 74.4 cm³/mol. The highest BCUT2D eigenvalue weighted by Crippen LogP contribution is 2.30. The van der Waals surface area contributed by atoms with Gasteiger partial charge in [-0.05, 0) is 24.8 Å². The van der Waals surface area contributed by atoms with Crippen molar-refractivity contribution < 1.29 is 9.53 Å². The predicted octanol–water partition coefficient (Wildman–Crippen LogP) is 3.35. The summed E-state index contributed by atoms with van der Waals surface area (Å²) in [5, 5.41) is 3.46. The molecule has 1 N–H and O–H groups in total. The normalized spacial score (nSPS) is 10.1. The lowest BCUT2D eigenvalue weighted by atomic mass is 10.2. The number of hydrogen-bond donors (Lipinski definition) is 1. The van der Waals surface area contributed by atoms with E-state index < -0.39 is 0 Å². The fourth-order valence-corrected chi connectivity index (χ4v) is 1.88. The lowest BCUT2D eigenvalue weighted by Crippen LogP contribution is -2.13. The molecule has 94 valence electrons. The number of hydrogen-bond acceptors (Lipinski definition) is 3. The van der Waals surface area contributed by atoms with E-state index >= 15 is 0 Å². The topological polar surface area (TPSA) is 38.3 Å². The Bertz CT molecular complexity index is 410. The maximum Gasteiger partial charge on any atom is 0.225 e. The Balaban J connectivity index is 2.82. The highest BCUT2D eigenvalue weighted by atomic mass is 35.5. The number of halogens is 1. The number of anilines is 1. The zero-order valence-electron chi connectivity index (χ0n) is 10.2. The van der Waals surface area contributed by atoms with E-state index in [-0.39, 0.29) is 5.91 Å². The van der Waals surface area contributed by atoms with Crippen LogP contribution in [0.15, 0.2) is 12.1 Å². The first-order valence-electron chi connectivity index (χ1n) is 5.21. The molecule has 0 saturated carbocycles. The van der Waals surface area contributed by atoms with Crippen molar-refractivity contribution in [1.29, 1.82) is 0 Å². The number of carbonyl (C=O) groups excluding carboxylic acids is 1. The Labute approximate surface area is 111 Å². The minimum Gasteiger partial charge on any atom is -0.495 e. The number of nitrogens with one attached hydrogen (secondary N) is 1. The maximum absolute atomic E-state index is 11.6. The molecule has 0 aliphatic rings. The summed E-state index contributed by atoms with van der Waals surface area (Å²) in [6.45, 7) is 1.89. The van der Waals surface area contributed by atoms with Gasteiger partial charge in [0, 0.05) is 23.3 Å². The number of carbonyl (C=O) groups is 1. The Morgan fingerprint density at radius 3 is 2.82 bits per heavy atom. The molecule has 0 atom stereocenters. The van der Waals surface area contributed by atoms with Crippen LogP contribution in [0.2, 0.25) is 5.02 Å². The smallest absolute Gasteiger partial charge is 0.225 e. The maximum atomic E-state index is 11.6. The van der Waals surface area contributed by atoms with Gasteiger partial charge in [-0.15, -0.1) is 0 Å². The number of ether oxygens (including phenoxy) is 1. The van der Waals surface area contributed by atoms with Gasteiger partial charge in [-0.3, -0.25) is 4.79 Å². The van der Waals surface area contributed by atoms with Crippen LogP contribution in [0.5, 0.6) is 5.75 Å². The van der Waals surface area contributed by atoms with Crippen LogP contribution in [0.1, 0.15) is 12.0 Å². The summed E-state index contributed by atoms with van der Waals surface area (Å²) in [4.78, 5) is 11.6. The molecule has 1 rings (SSSR count). The number of amides is 1. The fraction of sp³-hybridized carbons (Fsp3) is 0.417. The number of methoxy groups -OCH3 is 1. The average molecular weight is 274 g/mol. The van der Waals surface area contributed by atoms with Crippen LogP contribution in [0.25, 0.3) is 0 Å². The van der Waals surface area contributed by atoms with Gasteiger partial charge < -0.3 is 10.1 Å². The van der Waals surface area contributed by atoms with Crippen LogP contribution in [0.4, 0.5) is 5.69 Å². The molecule has 0 aliphatic carbocycles. The highest BCUT2D eigenvalue weighted by molar-refractivity contribution is 7.98. The average Bonchev–Trinajstić information content (AvgIpc) is 2.31. The third-order valence-electron chi connectivity index (χ3n) is 2.29. The third-order valence-corrected chi connectivity index (χ3v) is 3.31. The molecule has 0 bridgehead atoms. The van der Waals surface area contributed by atoms with Crippen LogP contribution in [0, 0.1) is 6.92 Å². The molecule has 0 heterocycles. The quantitative estimate of drug-likeness (QED) is 0.894. The molecule has 0 aliphatic heterocycles. The molecule has 0 aromatic heterocycles. The van der Waals surface area contributed by atoms with Gasteiger partial charge in [0.1, 0.15) is 5.75 Å². The van der Waals surface area contributed by atoms with Crippen molar-refractivity contribution >= 4 is 35.0 Å². The van der Waals surface area contributed by atoms with Gasteiger partial charge in [0.2, 0.25) is 5.91 Å². The summed E-state index contributed by atoms with van der Waals surface area (Å²) >= 11 is 7.63. The van der Waals surface area contributed by atoms with Gasteiger partial charge in [-0.1, -0.05) is 11.6 Å². The Morgan fingerprint density at radius 1 is 1.53 bits per heavy atom. The summed E-state index contributed by atoms with van der Waals surface area (Å²) in [7, 11) is 1.55. The van der Waals surface area contributed by atoms with Crippen molar-refractivity contribution in [2.45, 2.75) is 13.3 Å². The monoisotopic (exact) mass is 273 g/mol. The van der Waals surface area contributed by atoms with Crippen LogP contribution in [-0.2, 0) is 4.79 Å². The summed E-state index contributed by atoms with van der Waals surface area (Å²) in [5.74, 6) is 1.37. The molecule has 5 heteroatoms. The van der Waals surface area contributed by atoms with Crippen LogP contribution >= 0.6 is 23.4 Å². The van der Waals surface area contributed by atoms with E-state index in [1.54, 1.807) is 24.9 Å². The lowest BCUT2D eigenvalue weighted by molar-refractivity contribution is -0.115. The van der Waals surface area contributed by atoms with E-state index in [1.807, 2.05) is 19.2 Å². The zero-order chi connectivity index (χ0) is 12.8. The van der Waals surface area contributed by atoms with E-state index in [0.29, 0.717) is 22.9 Å². The van der Waals surface area contributed by atoms with Gasteiger partial charge in [0.05, 0.1) is 12.8 Å². The number of thioether (sulfide) groups is 1. The van der Waals surface area contributed by atoms with Crippen molar-refractivity contribution in [3.05, 3.63) is 22.7 Å². The molecule has 0 saturated heterocycles. The van der Waals surface area contributed by atoms with Crippen LogP contribution in [-0.4, -0.2) is 25.0 Å². The largest absolute Gasteiger partial charge is 0.495 e. The first-order valence-corrected chi connectivity index (χ1v) is 6.98. The number of aryl methyl sites for hydroxylation is 1. The van der Waals surface area contributed by atoms with Crippen molar-refractivity contribution in [3.8, 4) is 5.75 Å². The fourth-order valence-electron chi connectivity index (χ4n) is 1.34. The second-order valence-corrected chi connectivity index (χ2v) is 4.99. The molecular formula is C12H16ClNO2S. The molecule has 0 unspecified atom stereocenters. The molecular weight excluding hydrogens is 258 g/mol. The van der Waals surface area contributed by atoms with E-state index in [4.69, 9.17) is 16.3 Å². The standard InChI is InChI=1S/C12H16ClNO2S/c1-8-6-10(11(16-2)7-9(8)13)14-12(15)4-5-17-3/h6-7H,4-5H2,1-3H3,(H,14,15). The van der Waals surface area contributed by atoms with Gasteiger partial charge in [0.25, 0.3) is 0 Å². The minimum atomic E-state index is -0.0145. The van der Waals surface area contributed by atoms with Gasteiger partial charge in [0.15, 0.2) is 0 Å². The number of rotatable bonds is 5. The molecule has 0 fully saturated rings. The summed E-state index contributed by atoms with van der Waals surface area (Å²) in [6, 6.07) is 3.53. The van der Waals surface area contributed by atoms with Crippen LogP contribution in [0.3, 0.4) is 0 Å². The second kappa shape index (κ2) is 6.77. The summed E-state index contributed by atoms with van der Waals surface area (Å²) in [5.41, 5.74) is 1.58. The van der Waals surface area contributed by atoms with Crippen molar-refractivity contribution in [2.24, 2.45) is 0 Å². The molecule has 17 heavy (non-hydrogen) atoms. The van der Waals surface area contributed by atoms with E-state index in [9.17, 15) is 4.79 Å². The Hall–Kier alpha value is -0.870. The minimum absolute atomic E-state index is 0.0145. The number of benzene rings is 1. The van der Waals surface area contributed by atoms with Gasteiger partial charge >= 0.3 is 0 Å². The Kier molecular flexibility index (Phi) is 5.65. The van der Waals surface area contributed by atoms with E-state index in [1.165, 1.54) is 0 Å². The molecule has 0 radical (unpaired) electrons. The Morgan fingerprint density at radius 2 is 2.24 bits per heavy atom.